The maximum Gasteiger partial charge on any atom is 0.317 e. The Hall–Kier alpha value is -2.92. The molecule has 1 aromatic carbocycles. The topological polar surface area (TPSA) is 96.1 Å². The highest BCUT2D eigenvalue weighted by Gasteiger charge is 2.28. The Morgan fingerprint density at radius 2 is 2.40 bits per heavy atom. The summed E-state index contributed by atoms with van der Waals surface area (Å²) in [6, 6.07) is 9.14. The van der Waals surface area contributed by atoms with Crippen molar-refractivity contribution in [3.05, 3.63) is 47.5 Å². The molecule has 1 atom stereocenters. The lowest BCUT2D eigenvalue weighted by molar-refractivity contribution is -0.0218. The zero-order valence-electron chi connectivity index (χ0n) is 14.1. The Balaban J connectivity index is 1.59. The molecule has 8 nitrogen and oxygen atoms in total. The summed E-state index contributed by atoms with van der Waals surface area (Å²) >= 11 is 0. The number of nitrogens with zero attached hydrogens (tertiary/aromatic N) is 5. The van der Waals surface area contributed by atoms with Crippen molar-refractivity contribution < 1.29 is 9.53 Å². The predicted octanol–water partition coefficient (Wildman–Crippen LogP) is 1.45. The second-order valence-electron chi connectivity index (χ2n) is 5.75. The number of nitrogens with one attached hydrogen (secondary N) is 1. The zero-order valence-corrected chi connectivity index (χ0v) is 14.1. The Kier molecular flexibility index (Phi) is 5.26. The molecule has 0 spiro atoms. The molecule has 2 aromatic rings. The molecule has 1 fully saturated rings. The van der Waals surface area contributed by atoms with Gasteiger partial charge in [-0.3, -0.25) is 0 Å². The Labute approximate surface area is 146 Å². The van der Waals surface area contributed by atoms with Crippen LogP contribution in [0.3, 0.4) is 0 Å². The Morgan fingerprint density at radius 1 is 1.52 bits per heavy atom. The molecule has 1 aliphatic rings. The quantitative estimate of drug-likeness (QED) is 0.909. The zero-order chi connectivity index (χ0) is 17.6. The van der Waals surface area contributed by atoms with Crippen molar-refractivity contribution in [2.45, 2.75) is 26.1 Å². The number of aromatic nitrogens is 3. The largest absolute Gasteiger partial charge is 0.366 e. The number of benzene rings is 1. The van der Waals surface area contributed by atoms with Crippen molar-refractivity contribution in [3.8, 4) is 6.07 Å². The van der Waals surface area contributed by atoms with Crippen molar-refractivity contribution in [1.29, 1.82) is 5.26 Å². The van der Waals surface area contributed by atoms with Gasteiger partial charge in [0.1, 0.15) is 12.4 Å². The smallest absolute Gasteiger partial charge is 0.317 e. The molecule has 25 heavy (non-hydrogen) atoms. The van der Waals surface area contributed by atoms with E-state index >= 15 is 0 Å². The number of rotatable bonds is 4. The van der Waals surface area contributed by atoms with Crippen molar-refractivity contribution in [2.24, 2.45) is 0 Å². The van der Waals surface area contributed by atoms with Crippen LogP contribution in [0.2, 0.25) is 0 Å². The van der Waals surface area contributed by atoms with Gasteiger partial charge >= 0.3 is 6.03 Å². The van der Waals surface area contributed by atoms with Crippen molar-refractivity contribution in [1.82, 2.24) is 25.0 Å². The van der Waals surface area contributed by atoms with Gasteiger partial charge < -0.3 is 19.5 Å². The third-order valence-electron chi connectivity index (χ3n) is 4.13. The number of hydrogen-bond acceptors (Lipinski definition) is 5. The van der Waals surface area contributed by atoms with Crippen LogP contribution in [0.25, 0.3) is 0 Å². The minimum atomic E-state index is -0.274. The van der Waals surface area contributed by atoms with E-state index in [0.717, 1.165) is 17.9 Å². The van der Waals surface area contributed by atoms with Gasteiger partial charge in [0, 0.05) is 19.6 Å². The van der Waals surface area contributed by atoms with Gasteiger partial charge in [-0.15, -0.1) is 10.2 Å². The lowest BCUT2D eigenvalue weighted by Gasteiger charge is -2.32. The van der Waals surface area contributed by atoms with Crippen LogP contribution in [0.1, 0.15) is 30.0 Å². The summed E-state index contributed by atoms with van der Waals surface area (Å²) < 4.78 is 7.67. The summed E-state index contributed by atoms with van der Waals surface area (Å²) in [5.74, 6) is 0.738. The Bertz CT molecular complexity index is 781. The van der Waals surface area contributed by atoms with Gasteiger partial charge in [-0.05, 0) is 24.6 Å². The fourth-order valence-corrected chi connectivity index (χ4v) is 2.79. The van der Waals surface area contributed by atoms with Crippen LogP contribution in [0.15, 0.2) is 30.6 Å². The molecular formula is C17H20N6O2. The van der Waals surface area contributed by atoms with E-state index in [4.69, 9.17) is 10.00 Å². The first-order valence-electron chi connectivity index (χ1n) is 8.22. The summed E-state index contributed by atoms with van der Waals surface area (Å²) in [5.41, 5.74) is 1.47. The fourth-order valence-electron chi connectivity index (χ4n) is 2.79. The van der Waals surface area contributed by atoms with Crippen LogP contribution in [0.5, 0.6) is 0 Å². The first kappa shape index (κ1) is 16.9. The number of amides is 2. The molecular weight excluding hydrogens is 320 g/mol. The normalized spacial score (nSPS) is 17.1. The summed E-state index contributed by atoms with van der Waals surface area (Å²) in [4.78, 5) is 14.2. The molecule has 2 amide bonds. The van der Waals surface area contributed by atoms with E-state index in [9.17, 15) is 4.79 Å². The third-order valence-corrected chi connectivity index (χ3v) is 4.13. The number of nitriles is 1. The summed E-state index contributed by atoms with van der Waals surface area (Å²) in [7, 11) is 0. The molecule has 1 aliphatic heterocycles. The summed E-state index contributed by atoms with van der Waals surface area (Å²) in [6.07, 6.45) is 1.39. The van der Waals surface area contributed by atoms with Gasteiger partial charge in [-0.1, -0.05) is 12.1 Å². The number of aryl methyl sites for hydroxylation is 1. The minimum absolute atomic E-state index is 0.154. The van der Waals surface area contributed by atoms with Crippen molar-refractivity contribution in [2.75, 3.05) is 19.7 Å². The molecule has 2 heterocycles. The van der Waals surface area contributed by atoms with Crippen LogP contribution in [-0.4, -0.2) is 45.4 Å². The monoisotopic (exact) mass is 340 g/mol. The highest BCUT2D eigenvalue weighted by atomic mass is 16.5. The first-order chi connectivity index (χ1) is 12.2. The third kappa shape index (κ3) is 3.95. The molecule has 0 aliphatic carbocycles. The van der Waals surface area contributed by atoms with Gasteiger partial charge in [-0.25, -0.2) is 4.79 Å². The van der Waals surface area contributed by atoms with Crippen LogP contribution in [-0.2, 0) is 17.8 Å². The second kappa shape index (κ2) is 7.77. The van der Waals surface area contributed by atoms with Crippen LogP contribution in [0, 0.1) is 11.3 Å². The van der Waals surface area contributed by atoms with E-state index in [1.165, 1.54) is 0 Å². The maximum absolute atomic E-state index is 12.4. The average molecular weight is 340 g/mol. The summed E-state index contributed by atoms with van der Waals surface area (Å²) in [5, 5.41) is 19.9. The number of hydrogen-bond donors (Lipinski definition) is 1. The standard InChI is InChI=1S/C17H20N6O2/c1-2-22-12-20-21-16(22)15-11-23(6-7-25-15)17(24)19-10-14-5-3-4-13(8-14)9-18/h3-5,8,12,15H,2,6-7,10-11H2,1H3,(H,19,24)/t15-/m0/s1. The lowest BCUT2D eigenvalue weighted by atomic mass is 10.1. The molecule has 0 saturated carbocycles. The van der Waals surface area contributed by atoms with E-state index in [-0.39, 0.29) is 12.1 Å². The predicted molar refractivity (Wildman–Crippen MR) is 89.4 cm³/mol. The molecule has 1 aromatic heterocycles. The van der Waals surface area contributed by atoms with E-state index in [0.29, 0.717) is 31.8 Å². The van der Waals surface area contributed by atoms with Crippen LogP contribution >= 0.6 is 0 Å². The van der Waals surface area contributed by atoms with Gasteiger partial charge in [0.05, 0.1) is 24.8 Å². The van der Waals surface area contributed by atoms with Crippen LogP contribution < -0.4 is 5.32 Å². The van der Waals surface area contributed by atoms with Crippen molar-refractivity contribution in [3.63, 3.8) is 0 Å². The number of carbonyl (C=O) groups excluding carboxylic acids is 1. The fraction of sp³-hybridized carbons (Fsp3) is 0.412. The number of morpholine rings is 1. The highest BCUT2D eigenvalue weighted by molar-refractivity contribution is 5.74. The van der Waals surface area contributed by atoms with Gasteiger partial charge in [0.15, 0.2) is 5.82 Å². The Morgan fingerprint density at radius 3 is 3.20 bits per heavy atom. The molecule has 1 N–H and O–H groups in total. The molecule has 0 bridgehead atoms. The average Bonchev–Trinajstić information content (AvgIpc) is 3.15. The van der Waals surface area contributed by atoms with E-state index in [1.807, 2.05) is 23.6 Å². The second-order valence-corrected chi connectivity index (χ2v) is 5.75. The number of carbonyl (C=O) groups is 1. The SMILES string of the molecule is CCn1cnnc1[C@@H]1CN(C(=O)NCc2cccc(C#N)c2)CCO1. The molecule has 130 valence electrons. The summed E-state index contributed by atoms with van der Waals surface area (Å²) in [6.45, 7) is 4.56. The van der Waals surface area contributed by atoms with E-state index in [1.54, 1.807) is 23.4 Å². The molecule has 8 heteroatoms. The lowest BCUT2D eigenvalue weighted by Crippen LogP contribution is -2.47. The molecule has 0 unspecified atom stereocenters. The highest BCUT2D eigenvalue weighted by Crippen LogP contribution is 2.20. The van der Waals surface area contributed by atoms with Gasteiger partial charge in [0.2, 0.25) is 0 Å². The van der Waals surface area contributed by atoms with Gasteiger partial charge in [-0.2, -0.15) is 5.26 Å². The van der Waals surface area contributed by atoms with E-state index < -0.39 is 0 Å². The molecule has 1 saturated heterocycles. The number of urea groups is 1. The minimum Gasteiger partial charge on any atom is -0.366 e. The van der Waals surface area contributed by atoms with Gasteiger partial charge in [0.25, 0.3) is 0 Å². The first-order valence-corrected chi connectivity index (χ1v) is 8.22. The molecule has 0 radical (unpaired) electrons. The number of ether oxygens (including phenoxy) is 1. The molecule has 3 rings (SSSR count). The van der Waals surface area contributed by atoms with Crippen LogP contribution in [0.4, 0.5) is 4.79 Å². The van der Waals surface area contributed by atoms with Crippen molar-refractivity contribution >= 4 is 6.03 Å². The maximum atomic E-state index is 12.4. The van der Waals surface area contributed by atoms with E-state index in [2.05, 4.69) is 21.6 Å².